The Balaban J connectivity index is 2.04. The van der Waals surface area contributed by atoms with Gasteiger partial charge in [0.25, 0.3) is 5.91 Å². The maximum absolute atomic E-state index is 11.8. The highest BCUT2D eigenvalue weighted by atomic mass is 16.2. The molecule has 17 heavy (non-hydrogen) atoms. The maximum Gasteiger partial charge on any atom is 0.272 e. The first-order valence-electron chi connectivity index (χ1n) is 5.38. The van der Waals surface area contributed by atoms with Crippen molar-refractivity contribution in [2.24, 2.45) is 7.05 Å². The van der Waals surface area contributed by atoms with Gasteiger partial charge in [-0.05, 0) is 25.1 Å². The second kappa shape index (κ2) is 4.78. The summed E-state index contributed by atoms with van der Waals surface area (Å²) in [4.78, 5) is 16.0. The van der Waals surface area contributed by atoms with E-state index in [0.29, 0.717) is 5.69 Å². The molecule has 0 bridgehead atoms. The van der Waals surface area contributed by atoms with Crippen LogP contribution in [0, 0.1) is 0 Å². The molecule has 0 spiro atoms. The Morgan fingerprint density at radius 3 is 2.82 bits per heavy atom. The number of nitrogens with one attached hydrogen (secondary N) is 1. The number of carbonyl (C=O) groups is 1. The Morgan fingerprint density at radius 2 is 2.24 bits per heavy atom. The molecule has 1 N–H and O–H groups in total. The van der Waals surface area contributed by atoms with E-state index in [1.807, 2.05) is 25.1 Å². The fourth-order valence-electron chi connectivity index (χ4n) is 1.51. The van der Waals surface area contributed by atoms with Crippen molar-refractivity contribution in [3.8, 4) is 0 Å². The number of hydrogen-bond acceptors (Lipinski definition) is 3. The van der Waals surface area contributed by atoms with E-state index in [2.05, 4.69) is 15.4 Å². The van der Waals surface area contributed by atoms with Crippen molar-refractivity contribution in [3.05, 3.63) is 48.0 Å². The van der Waals surface area contributed by atoms with Crippen molar-refractivity contribution >= 4 is 5.91 Å². The first-order chi connectivity index (χ1) is 8.16. The quantitative estimate of drug-likeness (QED) is 0.864. The lowest BCUT2D eigenvalue weighted by atomic mass is 10.2. The average molecular weight is 230 g/mol. The lowest BCUT2D eigenvalue weighted by molar-refractivity contribution is 0.0933. The van der Waals surface area contributed by atoms with Crippen LogP contribution in [0.1, 0.15) is 29.1 Å². The fraction of sp³-hybridized carbons (Fsp3) is 0.250. The molecule has 0 aliphatic carbocycles. The number of aryl methyl sites for hydroxylation is 1. The molecule has 0 unspecified atom stereocenters. The maximum atomic E-state index is 11.8. The molecule has 0 fully saturated rings. The molecule has 5 heteroatoms. The Bertz CT molecular complexity index is 506. The van der Waals surface area contributed by atoms with Crippen LogP contribution in [-0.2, 0) is 7.05 Å². The zero-order valence-corrected chi connectivity index (χ0v) is 9.79. The first kappa shape index (κ1) is 11.3. The van der Waals surface area contributed by atoms with Gasteiger partial charge in [0.15, 0.2) is 0 Å². The molecule has 0 aromatic carbocycles. The molecule has 0 saturated carbocycles. The molecule has 2 rings (SSSR count). The minimum absolute atomic E-state index is 0.134. The van der Waals surface area contributed by atoms with Gasteiger partial charge in [0.2, 0.25) is 0 Å². The van der Waals surface area contributed by atoms with Gasteiger partial charge >= 0.3 is 0 Å². The minimum atomic E-state index is -0.191. The summed E-state index contributed by atoms with van der Waals surface area (Å²) >= 11 is 0. The van der Waals surface area contributed by atoms with Crippen molar-refractivity contribution in [1.29, 1.82) is 0 Å². The highest BCUT2D eigenvalue weighted by Crippen LogP contribution is 2.08. The van der Waals surface area contributed by atoms with Crippen LogP contribution in [-0.4, -0.2) is 20.7 Å². The summed E-state index contributed by atoms with van der Waals surface area (Å²) in [7, 11) is 1.78. The predicted octanol–water partition coefficient (Wildman–Crippen LogP) is 1.31. The van der Waals surface area contributed by atoms with Gasteiger partial charge in [-0.3, -0.25) is 14.5 Å². The third-order valence-corrected chi connectivity index (χ3v) is 2.43. The largest absolute Gasteiger partial charge is 0.343 e. The van der Waals surface area contributed by atoms with Crippen molar-refractivity contribution in [2.45, 2.75) is 13.0 Å². The van der Waals surface area contributed by atoms with Crippen LogP contribution in [0.4, 0.5) is 0 Å². The van der Waals surface area contributed by atoms with Crippen molar-refractivity contribution in [2.75, 3.05) is 0 Å². The predicted molar refractivity (Wildman–Crippen MR) is 63.3 cm³/mol. The number of hydrogen-bond donors (Lipinski definition) is 1. The van der Waals surface area contributed by atoms with Crippen LogP contribution in [0.2, 0.25) is 0 Å². The second-order valence-electron chi connectivity index (χ2n) is 3.82. The summed E-state index contributed by atoms with van der Waals surface area (Å²) in [5, 5.41) is 6.89. The summed E-state index contributed by atoms with van der Waals surface area (Å²) in [5.41, 5.74) is 1.24. The minimum Gasteiger partial charge on any atom is -0.343 e. The Kier molecular flexibility index (Phi) is 3.18. The van der Waals surface area contributed by atoms with Gasteiger partial charge in [-0.25, -0.2) is 0 Å². The molecule has 2 aromatic rings. The molecule has 5 nitrogen and oxygen atoms in total. The van der Waals surface area contributed by atoms with Crippen LogP contribution < -0.4 is 5.32 Å². The van der Waals surface area contributed by atoms with E-state index in [0.717, 1.165) is 5.69 Å². The van der Waals surface area contributed by atoms with E-state index < -0.39 is 0 Å². The molecule has 0 aliphatic rings. The summed E-state index contributed by atoms with van der Waals surface area (Å²) in [6.07, 6.45) is 3.44. The molecule has 2 heterocycles. The smallest absolute Gasteiger partial charge is 0.272 e. The van der Waals surface area contributed by atoms with Crippen LogP contribution in [0.3, 0.4) is 0 Å². The summed E-state index contributed by atoms with van der Waals surface area (Å²) in [5.74, 6) is -0.191. The normalized spacial score (nSPS) is 12.1. The van der Waals surface area contributed by atoms with E-state index in [9.17, 15) is 4.79 Å². The van der Waals surface area contributed by atoms with Gasteiger partial charge in [-0.15, -0.1) is 0 Å². The van der Waals surface area contributed by atoms with Crippen molar-refractivity contribution < 1.29 is 4.79 Å². The van der Waals surface area contributed by atoms with Crippen molar-refractivity contribution in [3.63, 3.8) is 0 Å². The molecule has 0 radical (unpaired) electrons. The monoisotopic (exact) mass is 230 g/mol. The number of pyridine rings is 1. The third-order valence-electron chi connectivity index (χ3n) is 2.43. The fourth-order valence-corrected chi connectivity index (χ4v) is 1.51. The number of amides is 1. The molecule has 1 atom stereocenters. The van der Waals surface area contributed by atoms with E-state index in [4.69, 9.17) is 0 Å². The van der Waals surface area contributed by atoms with E-state index in [-0.39, 0.29) is 11.9 Å². The summed E-state index contributed by atoms with van der Waals surface area (Å²) < 4.78 is 1.60. The zero-order valence-electron chi connectivity index (χ0n) is 9.79. The zero-order chi connectivity index (χ0) is 12.3. The van der Waals surface area contributed by atoms with E-state index in [1.165, 1.54) is 0 Å². The number of carbonyl (C=O) groups excluding carboxylic acids is 1. The molecule has 1 amide bonds. The van der Waals surface area contributed by atoms with Gasteiger partial charge in [-0.1, -0.05) is 6.07 Å². The Hall–Kier alpha value is -2.17. The van der Waals surface area contributed by atoms with E-state index >= 15 is 0 Å². The topological polar surface area (TPSA) is 59.8 Å². The molecule has 0 aliphatic heterocycles. The molecular weight excluding hydrogens is 216 g/mol. The standard InChI is InChI=1S/C12H14N4O/c1-9(10-5-3-4-7-13-10)14-12(17)11-6-8-16(2)15-11/h3-9H,1-2H3,(H,14,17)/t9-/m0/s1. The summed E-state index contributed by atoms with van der Waals surface area (Å²) in [6, 6.07) is 7.16. The number of aromatic nitrogens is 3. The summed E-state index contributed by atoms with van der Waals surface area (Å²) in [6.45, 7) is 1.89. The Labute approximate surface area is 99.5 Å². The van der Waals surface area contributed by atoms with E-state index in [1.54, 1.807) is 30.2 Å². The molecular formula is C12H14N4O. The highest BCUT2D eigenvalue weighted by molar-refractivity contribution is 5.92. The van der Waals surface area contributed by atoms with Gasteiger partial charge in [0.1, 0.15) is 5.69 Å². The van der Waals surface area contributed by atoms with Gasteiger partial charge < -0.3 is 5.32 Å². The van der Waals surface area contributed by atoms with Crippen molar-refractivity contribution in [1.82, 2.24) is 20.1 Å². The first-order valence-corrected chi connectivity index (χ1v) is 5.38. The lowest BCUT2D eigenvalue weighted by Crippen LogP contribution is -2.27. The Morgan fingerprint density at radius 1 is 1.41 bits per heavy atom. The molecule has 2 aromatic heterocycles. The third kappa shape index (κ3) is 2.69. The molecule has 0 saturated heterocycles. The SMILES string of the molecule is C[C@H](NC(=O)c1ccn(C)n1)c1ccccn1. The van der Waals surface area contributed by atoms with Gasteiger partial charge in [-0.2, -0.15) is 5.10 Å². The van der Waals surface area contributed by atoms with Crippen LogP contribution >= 0.6 is 0 Å². The van der Waals surface area contributed by atoms with Gasteiger partial charge in [0, 0.05) is 19.4 Å². The number of rotatable bonds is 3. The number of nitrogens with zero attached hydrogens (tertiary/aromatic N) is 3. The van der Waals surface area contributed by atoms with Crippen LogP contribution in [0.15, 0.2) is 36.7 Å². The average Bonchev–Trinajstić information content (AvgIpc) is 2.77. The molecule has 88 valence electrons. The van der Waals surface area contributed by atoms with Gasteiger partial charge in [0.05, 0.1) is 11.7 Å². The highest BCUT2D eigenvalue weighted by Gasteiger charge is 2.13. The lowest BCUT2D eigenvalue weighted by Gasteiger charge is -2.11. The van der Waals surface area contributed by atoms with Crippen LogP contribution in [0.25, 0.3) is 0 Å². The second-order valence-corrected chi connectivity index (χ2v) is 3.82. The van der Waals surface area contributed by atoms with Crippen LogP contribution in [0.5, 0.6) is 0 Å².